The SMILES string of the molecule is CC(C)(C)N(CCc1nn[nH]n1)C(C)(C)C. The number of hydrogen-bond acceptors (Lipinski definition) is 4. The van der Waals surface area contributed by atoms with Crippen molar-refractivity contribution in [1.29, 1.82) is 0 Å². The van der Waals surface area contributed by atoms with Crippen molar-refractivity contribution >= 4 is 0 Å². The Morgan fingerprint density at radius 2 is 1.62 bits per heavy atom. The number of rotatable bonds is 3. The van der Waals surface area contributed by atoms with Crippen molar-refractivity contribution in [3.05, 3.63) is 5.82 Å². The van der Waals surface area contributed by atoms with Gasteiger partial charge in [0.25, 0.3) is 0 Å². The smallest absolute Gasteiger partial charge is 0.175 e. The van der Waals surface area contributed by atoms with Crippen molar-refractivity contribution in [1.82, 2.24) is 25.5 Å². The predicted octanol–water partition coefficient (Wildman–Crippen LogP) is 1.64. The third-order valence-electron chi connectivity index (χ3n) is 2.57. The summed E-state index contributed by atoms with van der Waals surface area (Å²) < 4.78 is 0. The molecule has 1 heterocycles. The number of H-pyrrole nitrogens is 1. The third kappa shape index (κ3) is 3.56. The van der Waals surface area contributed by atoms with Crippen molar-refractivity contribution in [3.63, 3.8) is 0 Å². The lowest BCUT2D eigenvalue weighted by Gasteiger charge is -2.45. The molecule has 5 heteroatoms. The van der Waals surface area contributed by atoms with Crippen LogP contribution >= 0.6 is 0 Å². The maximum Gasteiger partial charge on any atom is 0.175 e. The Bertz CT molecular complexity index is 290. The van der Waals surface area contributed by atoms with E-state index in [2.05, 4.69) is 67.1 Å². The molecule has 92 valence electrons. The summed E-state index contributed by atoms with van der Waals surface area (Å²) in [5.41, 5.74) is 0.282. The minimum atomic E-state index is 0.141. The van der Waals surface area contributed by atoms with Crippen LogP contribution in [0.15, 0.2) is 0 Å². The first-order chi connectivity index (χ1) is 7.21. The van der Waals surface area contributed by atoms with Gasteiger partial charge in [0.05, 0.1) is 0 Å². The van der Waals surface area contributed by atoms with Gasteiger partial charge in [0, 0.05) is 24.0 Å². The van der Waals surface area contributed by atoms with Gasteiger partial charge in [-0.25, -0.2) is 0 Å². The first-order valence-electron chi connectivity index (χ1n) is 5.71. The van der Waals surface area contributed by atoms with Gasteiger partial charge in [-0.15, -0.1) is 10.2 Å². The molecule has 0 aliphatic rings. The predicted molar refractivity (Wildman–Crippen MR) is 64.1 cm³/mol. The van der Waals surface area contributed by atoms with Crippen LogP contribution in [0.3, 0.4) is 0 Å². The van der Waals surface area contributed by atoms with Gasteiger partial charge in [0.15, 0.2) is 5.82 Å². The molecule has 0 unspecified atom stereocenters. The average Bonchev–Trinajstić information content (AvgIpc) is 2.51. The fourth-order valence-electron chi connectivity index (χ4n) is 2.18. The number of tetrazole rings is 1. The average molecular weight is 225 g/mol. The van der Waals surface area contributed by atoms with E-state index in [4.69, 9.17) is 0 Å². The first-order valence-corrected chi connectivity index (χ1v) is 5.71. The molecule has 0 atom stereocenters. The molecule has 16 heavy (non-hydrogen) atoms. The van der Waals surface area contributed by atoms with Crippen LogP contribution in [-0.4, -0.2) is 43.1 Å². The van der Waals surface area contributed by atoms with Crippen molar-refractivity contribution in [2.24, 2.45) is 0 Å². The lowest BCUT2D eigenvalue weighted by atomic mass is 9.95. The molecule has 1 N–H and O–H groups in total. The van der Waals surface area contributed by atoms with E-state index < -0.39 is 0 Å². The van der Waals surface area contributed by atoms with Crippen LogP contribution in [0.1, 0.15) is 47.4 Å². The molecular weight excluding hydrogens is 202 g/mol. The molecule has 5 nitrogen and oxygen atoms in total. The summed E-state index contributed by atoms with van der Waals surface area (Å²) in [6.07, 6.45) is 0.824. The van der Waals surface area contributed by atoms with Gasteiger partial charge in [-0.05, 0) is 41.5 Å². The normalized spacial score (nSPS) is 13.4. The molecular formula is C11H23N5. The highest BCUT2D eigenvalue weighted by Crippen LogP contribution is 2.24. The second-order valence-electron chi connectivity index (χ2n) is 6.07. The van der Waals surface area contributed by atoms with Gasteiger partial charge in [-0.1, -0.05) is 5.21 Å². The topological polar surface area (TPSA) is 57.7 Å². The molecule has 0 amide bonds. The maximum atomic E-state index is 3.98. The molecule has 0 saturated heterocycles. The van der Waals surface area contributed by atoms with E-state index in [1.54, 1.807) is 0 Å². The highest BCUT2D eigenvalue weighted by molar-refractivity contribution is 4.89. The van der Waals surface area contributed by atoms with E-state index >= 15 is 0 Å². The summed E-state index contributed by atoms with van der Waals surface area (Å²) in [4.78, 5) is 2.45. The number of nitrogens with zero attached hydrogens (tertiary/aromatic N) is 4. The molecule has 0 aromatic carbocycles. The minimum absolute atomic E-state index is 0.141. The van der Waals surface area contributed by atoms with E-state index in [1.807, 2.05) is 0 Å². The maximum absolute atomic E-state index is 3.98. The lowest BCUT2D eigenvalue weighted by molar-refractivity contribution is 0.0393. The lowest BCUT2D eigenvalue weighted by Crippen LogP contribution is -2.53. The summed E-state index contributed by atoms with van der Waals surface area (Å²) in [6, 6.07) is 0. The monoisotopic (exact) mass is 225 g/mol. The quantitative estimate of drug-likeness (QED) is 0.849. The molecule has 0 saturated carbocycles. The zero-order chi connectivity index (χ0) is 12.4. The van der Waals surface area contributed by atoms with Gasteiger partial charge in [0.2, 0.25) is 0 Å². The third-order valence-corrected chi connectivity index (χ3v) is 2.57. The summed E-state index contributed by atoms with van der Waals surface area (Å²) in [5, 5.41) is 14.0. The summed E-state index contributed by atoms with van der Waals surface area (Å²) in [5.74, 6) is 0.776. The molecule has 0 spiro atoms. The first kappa shape index (κ1) is 13.1. The molecule has 1 aromatic rings. The van der Waals surface area contributed by atoms with Gasteiger partial charge in [-0.2, -0.15) is 5.21 Å². The molecule has 0 fully saturated rings. The van der Waals surface area contributed by atoms with Crippen LogP contribution < -0.4 is 0 Å². The Morgan fingerprint density at radius 1 is 1.06 bits per heavy atom. The van der Waals surface area contributed by atoms with Crippen LogP contribution in [0.5, 0.6) is 0 Å². The van der Waals surface area contributed by atoms with Gasteiger partial charge < -0.3 is 0 Å². The second-order valence-corrected chi connectivity index (χ2v) is 6.07. The van der Waals surface area contributed by atoms with Crippen LogP contribution in [0.4, 0.5) is 0 Å². The number of hydrogen-bond donors (Lipinski definition) is 1. The van der Waals surface area contributed by atoms with Crippen LogP contribution in [0.2, 0.25) is 0 Å². The highest BCUT2D eigenvalue weighted by atomic mass is 15.5. The Morgan fingerprint density at radius 3 is 2.00 bits per heavy atom. The van der Waals surface area contributed by atoms with Crippen LogP contribution in [0.25, 0.3) is 0 Å². The highest BCUT2D eigenvalue weighted by Gasteiger charge is 2.31. The largest absolute Gasteiger partial charge is 0.293 e. The standard InChI is InChI=1S/C11H23N5/c1-10(2,3)16(11(4,5)6)8-7-9-12-14-15-13-9/h7-8H2,1-6H3,(H,12,13,14,15). The summed E-state index contributed by atoms with van der Waals surface area (Å²) >= 11 is 0. The van der Waals surface area contributed by atoms with Crippen LogP contribution in [-0.2, 0) is 6.42 Å². The molecule has 0 aliphatic carbocycles. The van der Waals surface area contributed by atoms with E-state index in [0.29, 0.717) is 0 Å². The van der Waals surface area contributed by atoms with Gasteiger partial charge >= 0.3 is 0 Å². The zero-order valence-corrected chi connectivity index (χ0v) is 11.2. The number of aromatic nitrogens is 4. The van der Waals surface area contributed by atoms with Crippen molar-refractivity contribution in [2.45, 2.75) is 59.0 Å². The number of aromatic amines is 1. The summed E-state index contributed by atoms with van der Waals surface area (Å²) in [6.45, 7) is 14.3. The summed E-state index contributed by atoms with van der Waals surface area (Å²) in [7, 11) is 0. The van der Waals surface area contributed by atoms with Gasteiger partial charge in [0.1, 0.15) is 0 Å². The van der Waals surface area contributed by atoms with E-state index in [0.717, 1.165) is 18.8 Å². The number of nitrogens with one attached hydrogen (secondary N) is 1. The Kier molecular flexibility index (Phi) is 3.68. The molecule has 0 radical (unpaired) electrons. The Hall–Kier alpha value is -0.970. The fourth-order valence-corrected chi connectivity index (χ4v) is 2.18. The molecule has 1 rings (SSSR count). The van der Waals surface area contributed by atoms with E-state index in [9.17, 15) is 0 Å². The molecule has 1 aromatic heterocycles. The van der Waals surface area contributed by atoms with Crippen molar-refractivity contribution in [3.8, 4) is 0 Å². The van der Waals surface area contributed by atoms with Crippen LogP contribution in [0, 0.1) is 0 Å². The van der Waals surface area contributed by atoms with E-state index in [1.165, 1.54) is 0 Å². The Balaban J connectivity index is 2.66. The van der Waals surface area contributed by atoms with Crippen molar-refractivity contribution < 1.29 is 0 Å². The fraction of sp³-hybridized carbons (Fsp3) is 0.909. The second kappa shape index (κ2) is 4.49. The van der Waals surface area contributed by atoms with Gasteiger partial charge in [-0.3, -0.25) is 4.90 Å². The van der Waals surface area contributed by atoms with E-state index in [-0.39, 0.29) is 11.1 Å². The zero-order valence-electron chi connectivity index (χ0n) is 11.2. The van der Waals surface area contributed by atoms with Crippen molar-refractivity contribution in [2.75, 3.05) is 6.54 Å². The minimum Gasteiger partial charge on any atom is -0.293 e. The molecule has 0 aliphatic heterocycles. The Labute approximate surface area is 97.6 Å². The molecule has 0 bridgehead atoms.